The quantitative estimate of drug-likeness (QED) is 0.928. The van der Waals surface area contributed by atoms with Gasteiger partial charge in [-0.05, 0) is 44.0 Å². The number of rotatable bonds is 4. The van der Waals surface area contributed by atoms with Crippen LogP contribution in [-0.4, -0.2) is 43.0 Å². The summed E-state index contributed by atoms with van der Waals surface area (Å²) in [6, 6.07) is 16.4. The molecule has 0 aromatic heterocycles. The van der Waals surface area contributed by atoms with Crippen molar-refractivity contribution < 1.29 is 4.79 Å². The summed E-state index contributed by atoms with van der Waals surface area (Å²) >= 11 is 0. The second-order valence-electron chi connectivity index (χ2n) is 6.79. The highest BCUT2D eigenvalue weighted by atomic mass is 16.2. The lowest BCUT2D eigenvalue weighted by atomic mass is 10.1. The zero-order valence-electron chi connectivity index (χ0n) is 15.3. The third-order valence-corrected chi connectivity index (χ3v) is 5.09. The number of hydrogen-bond donors (Lipinski definition) is 1. The average molecular weight is 337 g/mol. The maximum absolute atomic E-state index is 12.7. The predicted octanol–water partition coefficient (Wildman–Crippen LogP) is 3.45. The van der Waals surface area contributed by atoms with Crippen molar-refractivity contribution in [3.8, 4) is 0 Å². The van der Waals surface area contributed by atoms with Gasteiger partial charge in [-0.2, -0.15) is 0 Å². The van der Waals surface area contributed by atoms with Crippen molar-refractivity contribution in [3.05, 3.63) is 59.7 Å². The molecule has 1 saturated heterocycles. The van der Waals surface area contributed by atoms with Crippen molar-refractivity contribution in [2.75, 3.05) is 36.4 Å². The van der Waals surface area contributed by atoms with Crippen molar-refractivity contribution >= 4 is 17.3 Å². The molecule has 0 unspecified atom stereocenters. The monoisotopic (exact) mass is 337 g/mol. The van der Waals surface area contributed by atoms with Gasteiger partial charge in [0.05, 0.1) is 6.04 Å². The largest absolute Gasteiger partial charge is 0.369 e. The first-order chi connectivity index (χ1) is 12.1. The fourth-order valence-corrected chi connectivity index (χ4v) is 3.41. The summed E-state index contributed by atoms with van der Waals surface area (Å²) < 4.78 is 0. The number of anilines is 2. The highest BCUT2D eigenvalue weighted by molar-refractivity contribution is 5.95. The SMILES string of the molecule is Cc1cccc(C)c1NC(=O)[C@H](C)N1CCN(c2ccccc2)CC1. The van der Waals surface area contributed by atoms with Gasteiger partial charge in [-0.25, -0.2) is 0 Å². The van der Waals surface area contributed by atoms with Crippen LogP contribution in [0.1, 0.15) is 18.1 Å². The van der Waals surface area contributed by atoms with E-state index in [0.717, 1.165) is 43.0 Å². The third kappa shape index (κ3) is 4.02. The predicted molar refractivity (Wildman–Crippen MR) is 104 cm³/mol. The van der Waals surface area contributed by atoms with Gasteiger partial charge in [-0.15, -0.1) is 0 Å². The van der Waals surface area contributed by atoms with Crippen LogP contribution in [0, 0.1) is 13.8 Å². The molecule has 1 aliphatic heterocycles. The van der Waals surface area contributed by atoms with Gasteiger partial charge in [0.25, 0.3) is 0 Å². The van der Waals surface area contributed by atoms with Crippen LogP contribution in [0.2, 0.25) is 0 Å². The van der Waals surface area contributed by atoms with Crippen LogP contribution in [0.25, 0.3) is 0 Å². The fourth-order valence-electron chi connectivity index (χ4n) is 3.41. The number of carbonyl (C=O) groups is 1. The standard InChI is InChI=1S/C21H27N3O/c1-16-8-7-9-17(2)20(16)22-21(25)18(3)23-12-14-24(15-13-23)19-10-5-4-6-11-19/h4-11,18H,12-15H2,1-3H3,(H,22,25)/t18-/m0/s1. The smallest absolute Gasteiger partial charge is 0.241 e. The van der Waals surface area contributed by atoms with Gasteiger partial charge in [0, 0.05) is 37.6 Å². The summed E-state index contributed by atoms with van der Waals surface area (Å²) in [6.07, 6.45) is 0. The molecular weight excluding hydrogens is 310 g/mol. The minimum absolute atomic E-state index is 0.0746. The summed E-state index contributed by atoms with van der Waals surface area (Å²) in [6.45, 7) is 9.77. The molecule has 1 N–H and O–H groups in total. The molecule has 0 aliphatic carbocycles. The normalized spacial score (nSPS) is 16.5. The lowest BCUT2D eigenvalue weighted by Gasteiger charge is -2.38. The molecule has 0 spiro atoms. The lowest BCUT2D eigenvalue weighted by molar-refractivity contribution is -0.120. The van der Waals surface area contributed by atoms with Crippen molar-refractivity contribution in [1.29, 1.82) is 0 Å². The van der Waals surface area contributed by atoms with E-state index in [2.05, 4.69) is 39.4 Å². The summed E-state index contributed by atoms with van der Waals surface area (Å²) in [5.41, 5.74) is 4.42. The molecule has 2 aromatic carbocycles. The van der Waals surface area contributed by atoms with E-state index in [4.69, 9.17) is 0 Å². The zero-order chi connectivity index (χ0) is 17.8. The van der Waals surface area contributed by atoms with E-state index >= 15 is 0 Å². The highest BCUT2D eigenvalue weighted by Gasteiger charge is 2.26. The van der Waals surface area contributed by atoms with E-state index in [1.807, 2.05) is 45.0 Å². The Hall–Kier alpha value is -2.33. The molecule has 132 valence electrons. The van der Waals surface area contributed by atoms with Gasteiger partial charge in [-0.3, -0.25) is 9.69 Å². The van der Waals surface area contributed by atoms with Gasteiger partial charge in [-0.1, -0.05) is 36.4 Å². The summed E-state index contributed by atoms with van der Waals surface area (Å²) in [5.74, 6) is 0.0746. The van der Waals surface area contributed by atoms with Crippen LogP contribution in [0.5, 0.6) is 0 Å². The van der Waals surface area contributed by atoms with Crippen molar-refractivity contribution in [2.45, 2.75) is 26.8 Å². The third-order valence-electron chi connectivity index (χ3n) is 5.09. The average Bonchev–Trinajstić information content (AvgIpc) is 2.65. The highest BCUT2D eigenvalue weighted by Crippen LogP contribution is 2.21. The second-order valence-corrected chi connectivity index (χ2v) is 6.79. The van der Waals surface area contributed by atoms with E-state index in [9.17, 15) is 4.79 Å². The van der Waals surface area contributed by atoms with E-state index in [1.165, 1.54) is 5.69 Å². The Balaban J connectivity index is 1.59. The van der Waals surface area contributed by atoms with Crippen LogP contribution in [0.3, 0.4) is 0 Å². The fraction of sp³-hybridized carbons (Fsp3) is 0.381. The number of hydrogen-bond acceptors (Lipinski definition) is 3. The minimum Gasteiger partial charge on any atom is -0.369 e. The number of piperazine rings is 1. The van der Waals surface area contributed by atoms with Crippen LogP contribution >= 0.6 is 0 Å². The van der Waals surface area contributed by atoms with E-state index in [0.29, 0.717) is 0 Å². The molecule has 1 atom stereocenters. The Morgan fingerprint density at radius 3 is 2.12 bits per heavy atom. The molecule has 2 aromatic rings. The van der Waals surface area contributed by atoms with E-state index in [-0.39, 0.29) is 11.9 Å². The number of aryl methyl sites for hydroxylation is 2. The summed E-state index contributed by atoms with van der Waals surface area (Å²) in [7, 11) is 0. The van der Waals surface area contributed by atoms with Crippen LogP contribution in [0.15, 0.2) is 48.5 Å². The maximum atomic E-state index is 12.7. The topological polar surface area (TPSA) is 35.6 Å². The number of nitrogens with one attached hydrogen (secondary N) is 1. The van der Waals surface area contributed by atoms with Gasteiger partial charge in [0.2, 0.25) is 5.91 Å². The van der Waals surface area contributed by atoms with Gasteiger partial charge >= 0.3 is 0 Å². The molecule has 1 amide bonds. The first-order valence-corrected chi connectivity index (χ1v) is 8.97. The molecule has 25 heavy (non-hydrogen) atoms. The van der Waals surface area contributed by atoms with Crippen molar-refractivity contribution in [3.63, 3.8) is 0 Å². The Labute approximate surface area is 150 Å². The molecule has 0 saturated carbocycles. The molecule has 1 heterocycles. The number of carbonyl (C=O) groups excluding carboxylic acids is 1. The maximum Gasteiger partial charge on any atom is 0.241 e. The first-order valence-electron chi connectivity index (χ1n) is 8.97. The summed E-state index contributed by atoms with van der Waals surface area (Å²) in [4.78, 5) is 17.3. The van der Waals surface area contributed by atoms with Crippen LogP contribution < -0.4 is 10.2 Å². The Morgan fingerprint density at radius 1 is 0.920 bits per heavy atom. The molecule has 4 nitrogen and oxygen atoms in total. The minimum atomic E-state index is -0.128. The molecule has 4 heteroatoms. The zero-order valence-corrected chi connectivity index (χ0v) is 15.3. The van der Waals surface area contributed by atoms with Crippen molar-refractivity contribution in [2.24, 2.45) is 0 Å². The van der Waals surface area contributed by atoms with E-state index in [1.54, 1.807) is 0 Å². The molecule has 1 fully saturated rings. The van der Waals surface area contributed by atoms with Crippen molar-refractivity contribution in [1.82, 2.24) is 4.90 Å². The molecule has 1 aliphatic rings. The number of amides is 1. The van der Waals surface area contributed by atoms with Gasteiger partial charge in [0.1, 0.15) is 0 Å². The number of para-hydroxylation sites is 2. The Morgan fingerprint density at radius 2 is 1.52 bits per heavy atom. The molecular formula is C21H27N3O. The Kier molecular flexibility index (Phi) is 5.39. The van der Waals surface area contributed by atoms with Crippen LogP contribution in [0.4, 0.5) is 11.4 Å². The molecule has 0 bridgehead atoms. The number of nitrogens with zero attached hydrogens (tertiary/aromatic N) is 2. The summed E-state index contributed by atoms with van der Waals surface area (Å²) in [5, 5.41) is 3.12. The van der Waals surface area contributed by atoms with Gasteiger partial charge in [0.15, 0.2) is 0 Å². The lowest BCUT2D eigenvalue weighted by Crippen LogP contribution is -2.52. The van der Waals surface area contributed by atoms with Gasteiger partial charge < -0.3 is 10.2 Å². The first kappa shape index (κ1) is 17.5. The molecule has 0 radical (unpaired) electrons. The molecule has 3 rings (SSSR count). The van der Waals surface area contributed by atoms with Crippen LogP contribution in [-0.2, 0) is 4.79 Å². The Bertz CT molecular complexity index is 701. The second kappa shape index (κ2) is 7.70. The number of benzene rings is 2. The van der Waals surface area contributed by atoms with E-state index < -0.39 is 0 Å².